The van der Waals surface area contributed by atoms with Gasteiger partial charge >= 0.3 is 5.97 Å². The van der Waals surface area contributed by atoms with Crippen molar-refractivity contribution >= 4 is 11.8 Å². The van der Waals surface area contributed by atoms with Crippen molar-refractivity contribution in [3.63, 3.8) is 0 Å². The first-order valence-electron chi connectivity index (χ1n) is 5.30. The van der Waals surface area contributed by atoms with E-state index < -0.39 is 12.0 Å². The Morgan fingerprint density at radius 1 is 1.28 bits per heavy atom. The average molecular weight is 245 g/mol. The Kier molecular flexibility index (Phi) is 3.75. The molecule has 0 radical (unpaired) electrons. The molecule has 1 aromatic heterocycles. The van der Waals surface area contributed by atoms with E-state index in [-0.39, 0.29) is 5.82 Å². The van der Waals surface area contributed by atoms with E-state index in [0.717, 1.165) is 5.56 Å². The number of benzene rings is 1. The fraction of sp³-hybridized carbons (Fsp3) is 0.182. The zero-order valence-corrected chi connectivity index (χ0v) is 9.39. The molecule has 0 fully saturated rings. The molecule has 0 spiro atoms. The second kappa shape index (κ2) is 5.67. The Labute approximate surface area is 103 Å². The van der Waals surface area contributed by atoms with Gasteiger partial charge in [-0.05, 0) is 16.0 Å². The van der Waals surface area contributed by atoms with Gasteiger partial charge in [-0.15, -0.1) is 10.2 Å². The third-order valence-electron chi connectivity index (χ3n) is 2.33. The molecule has 0 saturated carbocycles. The van der Waals surface area contributed by atoms with Crippen LogP contribution in [0.25, 0.3) is 0 Å². The summed E-state index contributed by atoms with van der Waals surface area (Å²) in [6.45, 7) is 0. The number of carboxylic acid groups (broad SMARTS) is 1. The van der Waals surface area contributed by atoms with Crippen LogP contribution in [0.1, 0.15) is 5.56 Å². The van der Waals surface area contributed by atoms with Crippen LogP contribution in [0.3, 0.4) is 0 Å². The monoisotopic (exact) mass is 245 g/mol. The first-order valence-corrected chi connectivity index (χ1v) is 5.30. The molecular weight excluding hydrogens is 234 g/mol. The van der Waals surface area contributed by atoms with Crippen LogP contribution in [-0.4, -0.2) is 37.7 Å². The molecule has 2 N–H and O–H groups in total. The standard InChI is InChI=1S/C11H11N5O2/c17-11(18)9(6-8-4-2-1-3-5-8)13-10-7-12-15-16-14-10/h1-5,7,9H,6H2,(H,17,18)(H,13,14,15). The van der Waals surface area contributed by atoms with Gasteiger partial charge in [0.25, 0.3) is 0 Å². The second-order valence-electron chi connectivity index (χ2n) is 3.63. The van der Waals surface area contributed by atoms with Crippen molar-refractivity contribution in [2.24, 2.45) is 0 Å². The predicted molar refractivity (Wildman–Crippen MR) is 62.8 cm³/mol. The molecule has 7 nitrogen and oxygen atoms in total. The van der Waals surface area contributed by atoms with Gasteiger partial charge in [0.15, 0.2) is 5.82 Å². The lowest BCUT2D eigenvalue weighted by Crippen LogP contribution is -2.32. The highest BCUT2D eigenvalue weighted by atomic mass is 16.4. The van der Waals surface area contributed by atoms with E-state index in [9.17, 15) is 4.79 Å². The summed E-state index contributed by atoms with van der Waals surface area (Å²) in [6.07, 6.45) is 1.67. The summed E-state index contributed by atoms with van der Waals surface area (Å²) in [5.41, 5.74) is 0.923. The number of nitrogens with one attached hydrogen (secondary N) is 1. The molecule has 1 atom stereocenters. The molecule has 7 heteroatoms. The van der Waals surface area contributed by atoms with E-state index in [2.05, 4.69) is 25.9 Å². The minimum atomic E-state index is -0.961. The molecule has 0 amide bonds. The van der Waals surface area contributed by atoms with Crippen molar-refractivity contribution in [1.29, 1.82) is 0 Å². The Hall–Kier alpha value is -2.57. The van der Waals surface area contributed by atoms with Crippen LogP contribution in [0.15, 0.2) is 36.5 Å². The maximum atomic E-state index is 11.2. The van der Waals surface area contributed by atoms with Crippen molar-refractivity contribution in [3.8, 4) is 0 Å². The van der Waals surface area contributed by atoms with E-state index in [1.165, 1.54) is 6.20 Å². The molecule has 92 valence electrons. The summed E-state index contributed by atoms with van der Waals surface area (Å²) < 4.78 is 0. The highest BCUT2D eigenvalue weighted by Gasteiger charge is 2.18. The van der Waals surface area contributed by atoms with Gasteiger partial charge in [0.05, 0.1) is 6.20 Å². The van der Waals surface area contributed by atoms with E-state index in [1.807, 2.05) is 30.3 Å². The summed E-state index contributed by atoms with van der Waals surface area (Å²) in [6, 6.07) is 8.56. The van der Waals surface area contributed by atoms with Crippen LogP contribution < -0.4 is 5.32 Å². The third-order valence-corrected chi connectivity index (χ3v) is 2.33. The van der Waals surface area contributed by atoms with Gasteiger partial charge in [0, 0.05) is 6.42 Å². The number of rotatable bonds is 5. The van der Waals surface area contributed by atoms with Crippen molar-refractivity contribution in [2.45, 2.75) is 12.5 Å². The fourth-order valence-electron chi connectivity index (χ4n) is 1.49. The van der Waals surface area contributed by atoms with Crippen molar-refractivity contribution in [2.75, 3.05) is 5.32 Å². The van der Waals surface area contributed by atoms with E-state index in [4.69, 9.17) is 5.11 Å². The molecule has 1 unspecified atom stereocenters. The number of aromatic nitrogens is 4. The largest absolute Gasteiger partial charge is 0.480 e. The van der Waals surface area contributed by atoms with Crippen LogP contribution in [0.2, 0.25) is 0 Å². The lowest BCUT2D eigenvalue weighted by Gasteiger charge is -2.13. The van der Waals surface area contributed by atoms with Crippen LogP contribution in [-0.2, 0) is 11.2 Å². The number of carbonyl (C=O) groups is 1. The number of aliphatic carboxylic acids is 1. The molecule has 1 heterocycles. The molecule has 0 aliphatic carbocycles. The summed E-state index contributed by atoms with van der Waals surface area (Å²) in [5, 5.41) is 25.7. The smallest absolute Gasteiger partial charge is 0.326 e. The van der Waals surface area contributed by atoms with Gasteiger partial charge in [-0.2, -0.15) is 0 Å². The molecule has 0 saturated heterocycles. The quantitative estimate of drug-likeness (QED) is 0.784. The minimum absolute atomic E-state index is 0.285. The Balaban J connectivity index is 2.08. The molecule has 2 rings (SSSR count). The van der Waals surface area contributed by atoms with Crippen LogP contribution in [0, 0.1) is 0 Å². The molecule has 0 aliphatic rings. The van der Waals surface area contributed by atoms with Gasteiger partial charge in [-0.1, -0.05) is 30.3 Å². The van der Waals surface area contributed by atoms with Gasteiger partial charge in [0.2, 0.25) is 0 Å². The summed E-state index contributed by atoms with van der Waals surface area (Å²) in [4.78, 5) is 11.2. The number of hydrogen-bond donors (Lipinski definition) is 2. The van der Waals surface area contributed by atoms with Gasteiger partial charge in [-0.25, -0.2) is 4.79 Å². The zero-order chi connectivity index (χ0) is 12.8. The second-order valence-corrected chi connectivity index (χ2v) is 3.63. The first kappa shape index (κ1) is 11.9. The topological polar surface area (TPSA) is 101 Å². The van der Waals surface area contributed by atoms with Gasteiger partial charge in [-0.3, -0.25) is 0 Å². The SMILES string of the molecule is O=C(O)C(Cc1ccccc1)Nc1cnnnn1. The molecule has 0 aliphatic heterocycles. The summed E-state index contributed by atoms with van der Waals surface area (Å²) in [7, 11) is 0. The van der Waals surface area contributed by atoms with Crippen molar-refractivity contribution < 1.29 is 9.90 Å². The Bertz CT molecular complexity index is 464. The van der Waals surface area contributed by atoms with Crippen LogP contribution >= 0.6 is 0 Å². The molecule has 18 heavy (non-hydrogen) atoms. The average Bonchev–Trinajstić information content (AvgIpc) is 2.40. The molecule has 2 aromatic rings. The number of nitrogens with zero attached hydrogens (tertiary/aromatic N) is 4. The van der Waals surface area contributed by atoms with Gasteiger partial charge < -0.3 is 10.4 Å². The lowest BCUT2D eigenvalue weighted by molar-refractivity contribution is -0.137. The molecule has 0 bridgehead atoms. The zero-order valence-electron chi connectivity index (χ0n) is 9.39. The fourth-order valence-corrected chi connectivity index (χ4v) is 1.49. The lowest BCUT2D eigenvalue weighted by atomic mass is 10.1. The van der Waals surface area contributed by atoms with E-state index in [0.29, 0.717) is 6.42 Å². The number of hydrogen-bond acceptors (Lipinski definition) is 6. The van der Waals surface area contributed by atoms with Crippen molar-refractivity contribution in [1.82, 2.24) is 20.6 Å². The normalized spacial score (nSPS) is 11.8. The highest BCUT2D eigenvalue weighted by molar-refractivity contribution is 5.77. The Morgan fingerprint density at radius 2 is 2.06 bits per heavy atom. The summed E-state index contributed by atoms with van der Waals surface area (Å²) >= 11 is 0. The predicted octanol–water partition coefficient (Wildman–Crippen LogP) is 0.374. The minimum Gasteiger partial charge on any atom is -0.480 e. The Morgan fingerprint density at radius 3 is 2.67 bits per heavy atom. The number of carboxylic acids is 1. The van der Waals surface area contributed by atoms with Crippen molar-refractivity contribution in [3.05, 3.63) is 42.1 Å². The number of anilines is 1. The maximum absolute atomic E-state index is 11.2. The van der Waals surface area contributed by atoms with E-state index >= 15 is 0 Å². The first-order chi connectivity index (χ1) is 8.75. The summed E-state index contributed by atoms with van der Waals surface area (Å²) in [5.74, 6) is -0.675. The van der Waals surface area contributed by atoms with E-state index in [1.54, 1.807) is 0 Å². The third kappa shape index (κ3) is 3.21. The van der Waals surface area contributed by atoms with Crippen LogP contribution in [0.4, 0.5) is 5.82 Å². The van der Waals surface area contributed by atoms with Gasteiger partial charge in [0.1, 0.15) is 6.04 Å². The maximum Gasteiger partial charge on any atom is 0.326 e. The highest BCUT2D eigenvalue weighted by Crippen LogP contribution is 2.07. The molecule has 1 aromatic carbocycles. The molecular formula is C11H11N5O2. The van der Waals surface area contributed by atoms with Crippen LogP contribution in [0.5, 0.6) is 0 Å².